The van der Waals surface area contributed by atoms with E-state index in [0.717, 1.165) is 24.0 Å². The van der Waals surface area contributed by atoms with Gasteiger partial charge < -0.3 is 10.4 Å². The molecule has 6 nitrogen and oxygen atoms in total. The van der Waals surface area contributed by atoms with E-state index in [4.69, 9.17) is 10.3 Å². The first-order valence-electron chi connectivity index (χ1n) is 8.14. The summed E-state index contributed by atoms with van der Waals surface area (Å²) in [7, 11) is 0. The zero-order chi connectivity index (χ0) is 18.2. The molecular weight excluding hydrogens is 320 g/mol. The third kappa shape index (κ3) is 4.89. The van der Waals surface area contributed by atoms with Crippen LogP contribution in [0, 0.1) is 0 Å². The Morgan fingerprint density at radius 1 is 1.00 bits per heavy atom. The molecule has 0 radical (unpaired) electrons. The van der Waals surface area contributed by atoms with E-state index in [2.05, 4.69) is 24.4 Å². The lowest BCUT2D eigenvalue weighted by atomic mass is 10.0. The van der Waals surface area contributed by atoms with Gasteiger partial charge in [0.05, 0.1) is 6.61 Å². The number of rotatable bonds is 7. The molecule has 2 aromatic rings. The van der Waals surface area contributed by atoms with Crippen molar-refractivity contribution in [3.05, 3.63) is 59.7 Å². The molecule has 4 N–H and O–H groups in total. The van der Waals surface area contributed by atoms with Gasteiger partial charge in [-0.25, -0.2) is 5.48 Å². The van der Waals surface area contributed by atoms with Crippen LogP contribution >= 0.6 is 0 Å². The number of benzene rings is 2. The van der Waals surface area contributed by atoms with Gasteiger partial charge in [-0.2, -0.15) is 0 Å². The van der Waals surface area contributed by atoms with Crippen molar-refractivity contribution in [3.8, 4) is 11.1 Å². The monoisotopic (exact) mass is 342 g/mol. The summed E-state index contributed by atoms with van der Waals surface area (Å²) in [5.74, 6) is -1.38. The van der Waals surface area contributed by atoms with E-state index in [9.17, 15) is 9.59 Å². The molecule has 0 aliphatic heterocycles. The molecule has 2 rings (SSSR count). The Morgan fingerprint density at radius 2 is 1.56 bits per heavy atom. The van der Waals surface area contributed by atoms with E-state index >= 15 is 0 Å². The summed E-state index contributed by atoms with van der Waals surface area (Å²) in [5, 5.41) is 20.0. The second kappa shape index (κ2) is 8.96. The van der Waals surface area contributed by atoms with Crippen LogP contribution in [0.5, 0.6) is 0 Å². The Balaban J connectivity index is 2.08. The van der Waals surface area contributed by atoms with Gasteiger partial charge >= 0.3 is 0 Å². The van der Waals surface area contributed by atoms with Gasteiger partial charge in [-0.05, 0) is 35.2 Å². The Hall–Kier alpha value is -2.70. The van der Waals surface area contributed by atoms with Crippen molar-refractivity contribution in [1.29, 1.82) is 0 Å². The predicted molar refractivity (Wildman–Crippen MR) is 94.1 cm³/mol. The summed E-state index contributed by atoms with van der Waals surface area (Å²) >= 11 is 0. The van der Waals surface area contributed by atoms with Crippen LogP contribution in [0.25, 0.3) is 11.1 Å². The highest BCUT2D eigenvalue weighted by Crippen LogP contribution is 2.21. The lowest BCUT2D eigenvalue weighted by Gasteiger charge is -2.14. The van der Waals surface area contributed by atoms with Gasteiger partial charge in [0.1, 0.15) is 6.04 Å². The first-order valence-corrected chi connectivity index (χ1v) is 8.14. The molecule has 0 heterocycles. The minimum atomic E-state index is -1.21. The molecule has 0 saturated heterocycles. The third-order valence-electron chi connectivity index (χ3n) is 3.89. The highest BCUT2D eigenvalue weighted by atomic mass is 16.5. The average Bonchev–Trinajstić information content (AvgIpc) is 2.66. The maximum atomic E-state index is 12.1. The number of hydroxylamine groups is 1. The van der Waals surface area contributed by atoms with Gasteiger partial charge in [-0.15, -0.1) is 0 Å². The van der Waals surface area contributed by atoms with E-state index < -0.39 is 24.5 Å². The predicted octanol–water partition coefficient (Wildman–Crippen LogP) is 1.90. The molecule has 0 saturated carbocycles. The summed E-state index contributed by atoms with van der Waals surface area (Å²) < 4.78 is 0. The van der Waals surface area contributed by atoms with Crippen LogP contribution in [0.2, 0.25) is 0 Å². The van der Waals surface area contributed by atoms with Crippen molar-refractivity contribution >= 4 is 11.8 Å². The van der Waals surface area contributed by atoms with Gasteiger partial charge in [-0.1, -0.05) is 49.7 Å². The molecule has 0 aromatic heterocycles. The largest absolute Gasteiger partial charge is 0.394 e. The maximum Gasteiger partial charge on any atom is 0.268 e. The van der Waals surface area contributed by atoms with E-state index in [-0.39, 0.29) is 0 Å². The van der Waals surface area contributed by atoms with Gasteiger partial charge in [0.2, 0.25) is 0 Å². The number of aliphatic hydroxyl groups excluding tert-OH is 1. The van der Waals surface area contributed by atoms with Crippen LogP contribution in [0.3, 0.4) is 0 Å². The minimum Gasteiger partial charge on any atom is -0.394 e. The molecule has 2 amide bonds. The van der Waals surface area contributed by atoms with Crippen LogP contribution in [0.1, 0.15) is 29.3 Å². The topological polar surface area (TPSA) is 98.7 Å². The van der Waals surface area contributed by atoms with Crippen molar-refractivity contribution in [1.82, 2.24) is 10.8 Å². The Bertz CT molecular complexity index is 711. The molecule has 0 fully saturated rings. The first kappa shape index (κ1) is 18.6. The van der Waals surface area contributed by atoms with Crippen molar-refractivity contribution in [2.75, 3.05) is 6.61 Å². The molecule has 25 heavy (non-hydrogen) atoms. The number of aliphatic hydroxyl groups is 1. The van der Waals surface area contributed by atoms with Crippen LogP contribution < -0.4 is 10.8 Å². The summed E-state index contributed by atoms with van der Waals surface area (Å²) in [6.07, 6.45) is 2.15. The van der Waals surface area contributed by atoms with E-state index in [1.807, 2.05) is 24.3 Å². The number of amides is 2. The minimum absolute atomic E-state index is 0.357. The first-order chi connectivity index (χ1) is 12.1. The van der Waals surface area contributed by atoms with Gasteiger partial charge in [0.25, 0.3) is 11.8 Å². The Morgan fingerprint density at radius 3 is 2.04 bits per heavy atom. The molecule has 0 spiro atoms. The van der Waals surface area contributed by atoms with Crippen molar-refractivity contribution in [2.24, 2.45) is 0 Å². The SMILES string of the molecule is CCCc1ccc(-c2ccc(C(=O)N[C@H](CO)C(=O)NO)cc2)cc1. The lowest BCUT2D eigenvalue weighted by Crippen LogP contribution is -2.48. The third-order valence-corrected chi connectivity index (χ3v) is 3.89. The molecule has 0 aliphatic rings. The molecule has 2 aromatic carbocycles. The lowest BCUT2D eigenvalue weighted by molar-refractivity contribution is -0.132. The van der Waals surface area contributed by atoms with Gasteiger partial charge in [0, 0.05) is 5.56 Å². The number of carbonyl (C=O) groups is 2. The normalized spacial score (nSPS) is 11.6. The highest BCUT2D eigenvalue weighted by molar-refractivity contribution is 5.97. The summed E-state index contributed by atoms with van der Waals surface area (Å²) in [5.41, 5.74) is 5.08. The van der Waals surface area contributed by atoms with E-state index in [1.165, 1.54) is 11.0 Å². The quantitative estimate of drug-likeness (QED) is 0.456. The van der Waals surface area contributed by atoms with E-state index in [0.29, 0.717) is 5.56 Å². The molecule has 6 heteroatoms. The van der Waals surface area contributed by atoms with Gasteiger partial charge in [-0.3, -0.25) is 14.8 Å². The van der Waals surface area contributed by atoms with Crippen molar-refractivity contribution in [2.45, 2.75) is 25.8 Å². The Kier molecular flexibility index (Phi) is 6.68. The van der Waals surface area contributed by atoms with Crippen LogP contribution in [-0.4, -0.2) is 34.8 Å². The summed E-state index contributed by atoms with van der Waals surface area (Å²) in [4.78, 5) is 23.4. The van der Waals surface area contributed by atoms with Crippen LogP contribution in [0.4, 0.5) is 0 Å². The number of hydrogen-bond acceptors (Lipinski definition) is 4. The Labute approximate surface area is 146 Å². The molecule has 0 bridgehead atoms. The standard InChI is InChI=1S/C19H22N2O4/c1-2-3-13-4-6-14(7-5-13)15-8-10-16(11-9-15)18(23)20-17(12-22)19(24)21-25/h4-11,17,22,25H,2-3,12H2,1H3,(H,20,23)(H,21,24)/t17-/m1/s1. The van der Waals surface area contributed by atoms with Gasteiger partial charge in [0.15, 0.2) is 0 Å². The zero-order valence-electron chi connectivity index (χ0n) is 14.0. The summed E-state index contributed by atoms with van der Waals surface area (Å²) in [6.45, 7) is 1.53. The fraction of sp³-hybridized carbons (Fsp3) is 0.263. The number of nitrogens with one attached hydrogen (secondary N) is 2. The molecule has 0 aliphatic carbocycles. The number of hydrogen-bond donors (Lipinski definition) is 4. The van der Waals surface area contributed by atoms with Crippen LogP contribution in [-0.2, 0) is 11.2 Å². The second-order valence-corrected chi connectivity index (χ2v) is 5.71. The fourth-order valence-electron chi connectivity index (χ4n) is 2.48. The average molecular weight is 342 g/mol. The summed E-state index contributed by atoms with van der Waals surface area (Å²) in [6, 6.07) is 14.0. The van der Waals surface area contributed by atoms with Crippen molar-refractivity contribution in [3.63, 3.8) is 0 Å². The zero-order valence-corrected chi connectivity index (χ0v) is 14.0. The maximum absolute atomic E-state index is 12.1. The number of aryl methyl sites for hydroxylation is 1. The smallest absolute Gasteiger partial charge is 0.268 e. The second-order valence-electron chi connectivity index (χ2n) is 5.71. The fourth-order valence-corrected chi connectivity index (χ4v) is 2.48. The van der Waals surface area contributed by atoms with E-state index in [1.54, 1.807) is 12.1 Å². The molecule has 132 valence electrons. The van der Waals surface area contributed by atoms with Crippen LogP contribution in [0.15, 0.2) is 48.5 Å². The molecule has 0 unspecified atom stereocenters. The molecular formula is C19H22N2O4. The van der Waals surface area contributed by atoms with Crippen molar-refractivity contribution < 1.29 is 19.9 Å². The molecule has 1 atom stereocenters. The number of carbonyl (C=O) groups excluding carboxylic acids is 2. The highest BCUT2D eigenvalue weighted by Gasteiger charge is 2.20.